The number of nitrogens with zero attached hydrogens (tertiary/aromatic N) is 4. The highest BCUT2D eigenvalue weighted by Crippen LogP contribution is 2.27. The van der Waals surface area contributed by atoms with E-state index in [0.29, 0.717) is 11.4 Å². The molecule has 0 radical (unpaired) electrons. The standard InChI is InChI=1S/C20H19N5O/c1-3-10-25-19-16(12-15-11-13(2)4-5-17(15)22-19)18(24-25)23-20(26)14-6-8-21-9-7-14/h4-9,11-12H,3,10H2,1-2H3,(H,23,24,26). The van der Waals surface area contributed by atoms with Gasteiger partial charge in [-0.3, -0.25) is 9.78 Å². The third-order valence-corrected chi connectivity index (χ3v) is 4.28. The molecule has 0 aliphatic heterocycles. The molecule has 4 aromatic rings. The lowest BCUT2D eigenvalue weighted by Gasteiger charge is -2.03. The second kappa shape index (κ2) is 6.55. The predicted octanol–water partition coefficient (Wildman–Crippen LogP) is 3.95. The normalized spacial score (nSPS) is 11.2. The van der Waals surface area contributed by atoms with Crippen molar-refractivity contribution >= 4 is 33.7 Å². The van der Waals surface area contributed by atoms with Crippen LogP contribution in [0, 0.1) is 6.92 Å². The number of rotatable bonds is 4. The maximum atomic E-state index is 12.5. The van der Waals surface area contributed by atoms with E-state index in [9.17, 15) is 4.79 Å². The van der Waals surface area contributed by atoms with Gasteiger partial charge < -0.3 is 5.32 Å². The van der Waals surface area contributed by atoms with Crippen LogP contribution in [-0.2, 0) is 6.54 Å². The van der Waals surface area contributed by atoms with Gasteiger partial charge in [-0.2, -0.15) is 5.10 Å². The molecule has 26 heavy (non-hydrogen) atoms. The first-order chi connectivity index (χ1) is 12.7. The smallest absolute Gasteiger partial charge is 0.256 e. The van der Waals surface area contributed by atoms with Crippen molar-refractivity contribution in [3.8, 4) is 0 Å². The lowest BCUT2D eigenvalue weighted by atomic mass is 10.1. The van der Waals surface area contributed by atoms with Crippen molar-refractivity contribution in [3.63, 3.8) is 0 Å². The summed E-state index contributed by atoms with van der Waals surface area (Å²) in [4.78, 5) is 21.3. The van der Waals surface area contributed by atoms with Gasteiger partial charge in [-0.15, -0.1) is 0 Å². The summed E-state index contributed by atoms with van der Waals surface area (Å²) in [6.45, 7) is 4.88. The number of benzene rings is 1. The fraction of sp³-hybridized carbons (Fsp3) is 0.200. The van der Waals surface area contributed by atoms with Gasteiger partial charge in [-0.25, -0.2) is 9.67 Å². The van der Waals surface area contributed by atoms with Crippen molar-refractivity contribution < 1.29 is 4.79 Å². The first-order valence-corrected chi connectivity index (χ1v) is 8.65. The van der Waals surface area contributed by atoms with Gasteiger partial charge in [0.2, 0.25) is 0 Å². The van der Waals surface area contributed by atoms with Crippen molar-refractivity contribution in [2.45, 2.75) is 26.8 Å². The van der Waals surface area contributed by atoms with E-state index in [2.05, 4.69) is 35.3 Å². The highest BCUT2D eigenvalue weighted by molar-refractivity contribution is 6.08. The Morgan fingerprint density at radius 2 is 1.96 bits per heavy atom. The van der Waals surface area contributed by atoms with Crippen molar-refractivity contribution in [2.24, 2.45) is 0 Å². The molecule has 0 saturated carbocycles. The zero-order valence-electron chi connectivity index (χ0n) is 14.7. The van der Waals surface area contributed by atoms with Crippen LogP contribution in [0.2, 0.25) is 0 Å². The van der Waals surface area contributed by atoms with Gasteiger partial charge in [0.1, 0.15) is 0 Å². The molecule has 3 heterocycles. The molecule has 0 saturated heterocycles. The van der Waals surface area contributed by atoms with Gasteiger partial charge in [0.25, 0.3) is 5.91 Å². The summed E-state index contributed by atoms with van der Waals surface area (Å²) < 4.78 is 1.86. The van der Waals surface area contributed by atoms with Crippen LogP contribution in [-0.4, -0.2) is 25.7 Å². The summed E-state index contributed by atoms with van der Waals surface area (Å²) in [6.07, 6.45) is 4.13. The molecule has 0 unspecified atom stereocenters. The van der Waals surface area contributed by atoms with Gasteiger partial charge in [0, 0.05) is 29.9 Å². The second-order valence-electron chi connectivity index (χ2n) is 6.32. The van der Waals surface area contributed by atoms with Crippen molar-refractivity contribution in [3.05, 3.63) is 59.9 Å². The molecule has 6 nitrogen and oxygen atoms in total. The first kappa shape index (κ1) is 16.2. The average molecular weight is 345 g/mol. The minimum atomic E-state index is -0.209. The van der Waals surface area contributed by atoms with E-state index in [-0.39, 0.29) is 5.91 Å². The summed E-state index contributed by atoms with van der Waals surface area (Å²) >= 11 is 0. The molecule has 4 rings (SSSR count). The number of amides is 1. The number of hydrogen-bond donors (Lipinski definition) is 1. The number of fused-ring (bicyclic) bond motifs is 2. The Hall–Kier alpha value is -3.28. The SMILES string of the molecule is CCCn1nc(NC(=O)c2ccncc2)c2cc3cc(C)ccc3nc21. The quantitative estimate of drug-likeness (QED) is 0.608. The molecule has 3 aromatic heterocycles. The summed E-state index contributed by atoms with van der Waals surface area (Å²) in [6, 6.07) is 11.6. The van der Waals surface area contributed by atoms with Gasteiger partial charge in [0.05, 0.1) is 10.9 Å². The predicted molar refractivity (Wildman–Crippen MR) is 102 cm³/mol. The highest BCUT2D eigenvalue weighted by Gasteiger charge is 2.16. The lowest BCUT2D eigenvalue weighted by Crippen LogP contribution is -2.12. The fourth-order valence-corrected chi connectivity index (χ4v) is 3.02. The number of aryl methyl sites for hydroxylation is 2. The van der Waals surface area contributed by atoms with Gasteiger partial charge in [-0.1, -0.05) is 18.6 Å². The summed E-state index contributed by atoms with van der Waals surface area (Å²) in [5, 5.41) is 9.40. The number of anilines is 1. The Labute approximate surface area is 150 Å². The van der Waals surface area contributed by atoms with Crippen LogP contribution in [0.15, 0.2) is 48.8 Å². The van der Waals surface area contributed by atoms with Gasteiger partial charge in [-0.05, 0) is 43.7 Å². The monoisotopic (exact) mass is 345 g/mol. The summed E-state index contributed by atoms with van der Waals surface area (Å²) in [5.41, 5.74) is 3.42. The van der Waals surface area contributed by atoms with E-state index < -0.39 is 0 Å². The van der Waals surface area contributed by atoms with E-state index in [1.807, 2.05) is 22.9 Å². The fourth-order valence-electron chi connectivity index (χ4n) is 3.02. The van der Waals surface area contributed by atoms with Crippen LogP contribution < -0.4 is 5.32 Å². The Kier molecular flexibility index (Phi) is 4.08. The summed E-state index contributed by atoms with van der Waals surface area (Å²) in [7, 11) is 0. The van der Waals surface area contributed by atoms with Crippen LogP contribution in [0.25, 0.3) is 21.9 Å². The van der Waals surface area contributed by atoms with Gasteiger partial charge in [0.15, 0.2) is 11.5 Å². The third-order valence-electron chi connectivity index (χ3n) is 4.28. The Bertz CT molecular complexity index is 1100. The maximum Gasteiger partial charge on any atom is 0.256 e. The topological polar surface area (TPSA) is 72.7 Å². The highest BCUT2D eigenvalue weighted by atomic mass is 16.1. The number of nitrogens with one attached hydrogen (secondary N) is 1. The molecule has 0 aliphatic carbocycles. The Balaban J connectivity index is 1.83. The molecule has 0 spiro atoms. The minimum Gasteiger partial charge on any atom is -0.304 e. The van der Waals surface area contributed by atoms with E-state index in [1.54, 1.807) is 24.5 Å². The minimum absolute atomic E-state index is 0.209. The maximum absolute atomic E-state index is 12.5. The molecule has 0 aliphatic rings. The van der Waals surface area contributed by atoms with Crippen molar-refractivity contribution in [2.75, 3.05) is 5.32 Å². The van der Waals surface area contributed by atoms with Crippen LogP contribution in [0.4, 0.5) is 5.82 Å². The average Bonchev–Trinajstić information content (AvgIpc) is 2.97. The molecule has 1 aromatic carbocycles. The molecule has 1 N–H and O–H groups in total. The number of aromatic nitrogens is 4. The van der Waals surface area contributed by atoms with E-state index in [4.69, 9.17) is 4.98 Å². The number of carbonyl (C=O) groups excluding carboxylic acids is 1. The molecular formula is C20H19N5O. The molecule has 1 amide bonds. The van der Waals surface area contributed by atoms with E-state index >= 15 is 0 Å². The Morgan fingerprint density at radius 3 is 2.73 bits per heavy atom. The molecule has 0 atom stereocenters. The van der Waals surface area contributed by atoms with Crippen molar-refractivity contribution in [1.29, 1.82) is 0 Å². The summed E-state index contributed by atoms with van der Waals surface area (Å²) in [5.74, 6) is 0.325. The van der Waals surface area contributed by atoms with Crippen LogP contribution in [0.5, 0.6) is 0 Å². The second-order valence-corrected chi connectivity index (χ2v) is 6.32. The molecule has 6 heteroatoms. The first-order valence-electron chi connectivity index (χ1n) is 8.65. The molecule has 0 bridgehead atoms. The third kappa shape index (κ3) is 2.90. The van der Waals surface area contributed by atoms with Gasteiger partial charge >= 0.3 is 0 Å². The number of pyridine rings is 2. The zero-order valence-corrected chi connectivity index (χ0v) is 14.7. The lowest BCUT2D eigenvalue weighted by molar-refractivity contribution is 0.102. The zero-order chi connectivity index (χ0) is 18.1. The molecule has 130 valence electrons. The molecular weight excluding hydrogens is 326 g/mol. The van der Waals surface area contributed by atoms with Crippen molar-refractivity contribution in [1.82, 2.24) is 19.7 Å². The van der Waals surface area contributed by atoms with Crippen LogP contribution >= 0.6 is 0 Å². The van der Waals surface area contributed by atoms with E-state index in [0.717, 1.165) is 34.9 Å². The van der Waals surface area contributed by atoms with E-state index in [1.165, 1.54) is 5.56 Å². The number of carbonyl (C=O) groups is 1. The van der Waals surface area contributed by atoms with Crippen LogP contribution in [0.1, 0.15) is 29.3 Å². The Morgan fingerprint density at radius 1 is 1.15 bits per heavy atom. The largest absolute Gasteiger partial charge is 0.304 e. The molecule has 0 fully saturated rings. The van der Waals surface area contributed by atoms with Crippen LogP contribution in [0.3, 0.4) is 0 Å². The number of hydrogen-bond acceptors (Lipinski definition) is 4.